The summed E-state index contributed by atoms with van der Waals surface area (Å²) in [6.07, 6.45) is 0. The summed E-state index contributed by atoms with van der Waals surface area (Å²) in [7, 11) is 0. The molecule has 0 aliphatic heterocycles. The average Bonchev–Trinajstić information content (AvgIpc) is 3.81. The molecule has 2 aromatic heterocycles. The van der Waals surface area contributed by atoms with Gasteiger partial charge in [0.05, 0.1) is 22.4 Å². The quantitative estimate of drug-likeness (QED) is 0.147. The van der Waals surface area contributed by atoms with Crippen LogP contribution in [0.3, 0.4) is 0 Å². The Kier molecular flexibility index (Phi) is 9.10. The molecule has 0 radical (unpaired) electrons. The van der Waals surface area contributed by atoms with Crippen LogP contribution in [-0.2, 0) is 0 Å². The Hall–Kier alpha value is -7.96. The fourth-order valence-corrected chi connectivity index (χ4v) is 7.40. The number of hydrogen-bond donors (Lipinski definition) is 0. The first-order valence-electron chi connectivity index (χ1n) is 19.2. The van der Waals surface area contributed by atoms with Crippen molar-refractivity contribution in [3.05, 3.63) is 212 Å². The summed E-state index contributed by atoms with van der Waals surface area (Å²) in [5, 5.41) is 8.63. The van der Waals surface area contributed by atoms with E-state index in [9.17, 15) is 0 Å². The van der Waals surface area contributed by atoms with Crippen molar-refractivity contribution in [3.63, 3.8) is 0 Å². The highest BCUT2D eigenvalue weighted by atomic mass is 16.4. The Bertz CT molecular complexity index is 2950. The molecule has 0 fully saturated rings. The summed E-state index contributed by atoms with van der Waals surface area (Å²) in [5.41, 5.74) is 14.6. The first-order chi connectivity index (χ1) is 28.7. The van der Waals surface area contributed by atoms with E-state index in [1.165, 1.54) is 0 Å². The molecule has 0 amide bonds. The molecule has 0 saturated carbocycles. The summed E-state index contributed by atoms with van der Waals surface area (Å²) in [6, 6.07) is 72.6. The molecule has 2 heterocycles. The third-order valence-electron chi connectivity index (χ3n) is 10.3. The molecule has 274 valence electrons. The van der Waals surface area contributed by atoms with E-state index >= 15 is 0 Å². The van der Waals surface area contributed by atoms with E-state index in [1.54, 1.807) is 0 Å². The highest BCUT2D eigenvalue weighted by Crippen LogP contribution is 2.40. The van der Waals surface area contributed by atoms with Gasteiger partial charge in [0.15, 0.2) is 0 Å². The number of fused-ring (bicyclic) bond motifs is 1. The van der Waals surface area contributed by atoms with Crippen molar-refractivity contribution in [1.29, 1.82) is 0 Å². The topological polar surface area (TPSA) is 67.9 Å². The van der Waals surface area contributed by atoms with Crippen LogP contribution in [-0.4, -0.2) is 20.2 Å². The molecule has 0 atom stereocenters. The zero-order valence-corrected chi connectivity index (χ0v) is 31.4. The van der Waals surface area contributed by atoms with Crippen molar-refractivity contribution < 1.29 is 4.42 Å². The molecule has 0 saturated heterocycles. The standard InChI is InChI=1S/C52H35N5O/c1-6-16-36(17-7-1)45-34-47-48(35-46(45)37-18-8-2-9-19-37)54-50(49(53-47)38-20-10-3-11-21-38)39-26-30-43(31-27-39)57(42-24-14-5-15-25-42)44-32-28-41(29-33-44)52-56-55-51(58-52)40-22-12-4-13-23-40/h1-35H. The van der Waals surface area contributed by atoms with Crippen molar-refractivity contribution >= 4 is 28.1 Å². The van der Waals surface area contributed by atoms with Gasteiger partial charge in [-0.2, -0.15) is 0 Å². The van der Waals surface area contributed by atoms with Crippen LogP contribution >= 0.6 is 0 Å². The molecule has 0 aliphatic rings. The van der Waals surface area contributed by atoms with Gasteiger partial charge in [0, 0.05) is 39.3 Å². The predicted octanol–water partition coefficient (Wildman–Crippen LogP) is 13.5. The van der Waals surface area contributed by atoms with Crippen LogP contribution in [0.15, 0.2) is 217 Å². The summed E-state index contributed by atoms with van der Waals surface area (Å²) < 4.78 is 6.06. The Morgan fingerprint density at radius 1 is 0.310 bits per heavy atom. The third-order valence-corrected chi connectivity index (χ3v) is 10.3. The third kappa shape index (κ3) is 6.80. The maximum absolute atomic E-state index is 6.06. The van der Waals surface area contributed by atoms with Crippen LogP contribution in [0.25, 0.3) is 78.7 Å². The lowest BCUT2D eigenvalue weighted by Gasteiger charge is -2.25. The fraction of sp³-hybridized carbons (Fsp3) is 0. The van der Waals surface area contributed by atoms with Gasteiger partial charge in [0.2, 0.25) is 11.8 Å². The predicted molar refractivity (Wildman–Crippen MR) is 235 cm³/mol. The van der Waals surface area contributed by atoms with Crippen molar-refractivity contribution in [3.8, 4) is 67.7 Å². The zero-order valence-electron chi connectivity index (χ0n) is 31.4. The van der Waals surface area contributed by atoms with Crippen molar-refractivity contribution in [2.24, 2.45) is 0 Å². The number of hydrogen-bond acceptors (Lipinski definition) is 6. The van der Waals surface area contributed by atoms with E-state index in [2.05, 4.69) is 149 Å². The van der Waals surface area contributed by atoms with Gasteiger partial charge in [-0.1, -0.05) is 140 Å². The number of benzene rings is 8. The lowest BCUT2D eigenvalue weighted by Crippen LogP contribution is -2.09. The highest BCUT2D eigenvalue weighted by molar-refractivity contribution is 5.96. The lowest BCUT2D eigenvalue weighted by molar-refractivity contribution is 0.584. The molecule has 58 heavy (non-hydrogen) atoms. The molecule has 6 heteroatoms. The van der Waals surface area contributed by atoms with Crippen LogP contribution in [0.4, 0.5) is 17.1 Å². The second kappa shape index (κ2) is 15.3. The Labute approximate surface area is 336 Å². The summed E-state index contributed by atoms with van der Waals surface area (Å²) in [5.74, 6) is 0.963. The maximum atomic E-state index is 6.06. The number of rotatable bonds is 9. The van der Waals surface area contributed by atoms with Crippen LogP contribution in [0.2, 0.25) is 0 Å². The number of para-hydroxylation sites is 1. The van der Waals surface area contributed by atoms with Crippen LogP contribution in [0, 0.1) is 0 Å². The molecular formula is C52H35N5O. The minimum Gasteiger partial charge on any atom is -0.416 e. The Morgan fingerprint density at radius 2 is 0.638 bits per heavy atom. The van der Waals surface area contributed by atoms with Crippen molar-refractivity contribution in [2.45, 2.75) is 0 Å². The molecular weight excluding hydrogens is 711 g/mol. The van der Waals surface area contributed by atoms with Crippen molar-refractivity contribution in [2.75, 3.05) is 4.90 Å². The van der Waals surface area contributed by atoms with Gasteiger partial charge >= 0.3 is 0 Å². The minimum atomic E-state index is 0.471. The second-order valence-corrected chi connectivity index (χ2v) is 13.9. The molecule has 0 unspecified atom stereocenters. The summed E-state index contributed by atoms with van der Waals surface area (Å²) in [6.45, 7) is 0. The monoisotopic (exact) mass is 745 g/mol. The van der Waals surface area contributed by atoms with E-state index in [-0.39, 0.29) is 0 Å². The fourth-order valence-electron chi connectivity index (χ4n) is 7.40. The molecule has 0 aliphatic carbocycles. The normalized spacial score (nSPS) is 11.1. The second-order valence-electron chi connectivity index (χ2n) is 13.9. The van der Waals surface area contributed by atoms with Crippen molar-refractivity contribution in [1.82, 2.24) is 20.2 Å². The van der Waals surface area contributed by atoms with Gasteiger partial charge in [0.1, 0.15) is 0 Å². The molecule has 10 rings (SSSR count). The van der Waals surface area contributed by atoms with E-state index in [1.807, 2.05) is 78.9 Å². The minimum absolute atomic E-state index is 0.471. The number of nitrogens with zero attached hydrogens (tertiary/aromatic N) is 5. The Morgan fingerprint density at radius 3 is 1.09 bits per heavy atom. The average molecular weight is 746 g/mol. The number of aromatic nitrogens is 4. The maximum Gasteiger partial charge on any atom is 0.248 e. The molecule has 8 aromatic carbocycles. The van der Waals surface area contributed by atoms with E-state index in [0.29, 0.717) is 11.8 Å². The molecule has 6 nitrogen and oxygen atoms in total. The molecule has 0 bridgehead atoms. The van der Waals surface area contributed by atoms with Gasteiger partial charge in [-0.05, 0) is 95.1 Å². The largest absolute Gasteiger partial charge is 0.416 e. The Balaban J connectivity index is 1.05. The highest BCUT2D eigenvalue weighted by Gasteiger charge is 2.19. The van der Waals surface area contributed by atoms with Crippen LogP contribution < -0.4 is 4.90 Å². The van der Waals surface area contributed by atoms with Crippen LogP contribution in [0.5, 0.6) is 0 Å². The number of anilines is 3. The van der Waals surface area contributed by atoms with Gasteiger partial charge in [0.25, 0.3) is 0 Å². The molecule has 0 spiro atoms. The first-order valence-corrected chi connectivity index (χ1v) is 19.2. The van der Waals surface area contributed by atoms with E-state index in [4.69, 9.17) is 14.4 Å². The zero-order chi connectivity index (χ0) is 38.7. The van der Waals surface area contributed by atoms with Crippen LogP contribution in [0.1, 0.15) is 0 Å². The molecule has 10 aromatic rings. The van der Waals surface area contributed by atoms with E-state index in [0.717, 1.165) is 84.0 Å². The van der Waals surface area contributed by atoms with Gasteiger partial charge in [-0.25, -0.2) is 9.97 Å². The smallest absolute Gasteiger partial charge is 0.248 e. The lowest BCUT2D eigenvalue weighted by atomic mass is 9.93. The van der Waals surface area contributed by atoms with Gasteiger partial charge in [-0.15, -0.1) is 10.2 Å². The van der Waals surface area contributed by atoms with E-state index < -0.39 is 0 Å². The summed E-state index contributed by atoms with van der Waals surface area (Å²) in [4.78, 5) is 13.0. The van der Waals surface area contributed by atoms with Gasteiger partial charge < -0.3 is 9.32 Å². The molecule has 0 N–H and O–H groups in total. The summed E-state index contributed by atoms with van der Waals surface area (Å²) >= 11 is 0. The first kappa shape index (κ1) is 34.5. The SMILES string of the molecule is c1ccc(-c2nnc(-c3ccc(N(c4ccccc4)c4ccc(-c5nc6cc(-c7ccccc7)c(-c7ccccc7)cc6nc5-c5ccccc5)cc4)cc3)o2)cc1. The van der Waals surface area contributed by atoms with Gasteiger partial charge in [-0.3, -0.25) is 0 Å².